The maximum Gasteiger partial charge on any atom is 0.237 e. The molecule has 5 heteroatoms. The number of piperazine rings is 1. The SMILES string of the molecule is O=C1NC(Cc2ccc(Cl)cc2)CN[C@H]1Cc1ccc(Cl)cc1. The second-order valence-electron chi connectivity index (χ2n) is 5.83. The van der Waals surface area contributed by atoms with Crippen LogP contribution >= 0.6 is 23.2 Å². The third kappa shape index (κ3) is 4.47. The monoisotopic (exact) mass is 348 g/mol. The van der Waals surface area contributed by atoms with Gasteiger partial charge in [0.1, 0.15) is 0 Å². The Morgan fingerprint density at radius 3 is 1.91 bits per heavy atom. The third-order valence-corrected chi connectivity index (χ3v) is 4.53. The summed E-state index contributed by atoms with van der Waals surface area (Å²) in [6.07, 6.45) is 1.46. The van der Waals surface area contributed by atoms with Gasteiger partial charge in [-0.3, -0.25) is 4.79 Å². The molecule has 1 heterocycles. The lowest BCUT2D eigenvalue weighted by Gasteiger charge is -2.30. The van der Waals surface area contributed by atoms with Crippen LogP contribution in [0, 0.1) is 0 Å². The quantitative estimate of drug-likeness (QED) is 0.890. The van der Waals surface area contributed by atoms with Crippen LogP contribution in [0.25, 0.3) is 0 Å². The Hall–Kier alpha value is -1.55. The van der Waals surface area contributed by atoms with Gasteiger partial charge in [-0.15, -0.1) is 0 Å². The average Bonchev–Trinajstić information content (AvgIpc) is 2.54. The molecule has 1 unspecified atom stereocenters. The van der Waals surface area contributed by atoms with Crippen molar-refractivity contribution in [3.63, 3.8) is 0 Å². The second kappa shape index (κ2) is 7.35. The summed E-state index contributed by atoms with van der Waals surface area (Å²) in [4.78, 5) is 12.3. The normalized spacial score (nSPS) is 21.0. The van der Waals surface area contributed by atoms with E-state index < -0.39 is 0 Å². The van der Waals surface area contributed by atoms with Crippen molar-refractivity contribution in [1.82, 2.24) is 10.6 Å². The van der Waals surface area contributed by atoms with Crippen LogP contribution in [-0.4, -0.2) is 24.5 Å². The molecule has 3 nitrogen and oxygen atoms in total. The van der Waals surface area contributed by atoms with Crippen LogP contribution in [0.2, 0.25) is 10.0 Å². The minimum atomic E-state index is -0.197. The zero-order valence-electron chi connectivity index (χ0n) is 12.6. The van der Waals surface area contributed by atoms with Gasteiger partial charge >= 0.3 is 0 Å². The highest BCUT2D eigenvalue weighted by atomic mass is 35.5. The Bertz CT molecular complexity index is 670. The van der Waals surface area contributed by atoms with Crippen molar-refractivity contribution in [2.45, 2.75) is 24.9 Å². The lowest BCUT2D eigenvalue weighted by molar-refractivity contribution is -0.125. The average molecular weight is 349 g/mol. The van der Waals surface area contributed by atoms with Gasteiger partial charge in [-0.25, -0.2) is 0 Å². The minimum Gasteiger partial charge on any atom is -0.350 e. The van der Waals surface area contributed by atoms with Gasteiger partial charge < -0.3 is 10.6 Å². The van der Waals surface area contributed by atoms with E-state index in [1.54, 1.807) is 0 Å². The highest BCUT2D eigenvalue weighted by Gasteiger charge is 2.27. The van der Waals surface area contributed by atoms with Crippen molar-refractivity contribution < 1.29 is 4.79 Å². The van der Waals surface area contributed by atoms with Crippen LogP contribution in [0.1, 0.15) is 11.1 Å². The lowest BCUT2D eigenvalue weighted by atomic mass is 9.99. The van der Waals surface area contributed by atoms with Crippen LogP contribution in [0.15, 0.2) is 48.5 Å². The second-order valence-corrected chi connectivity index (χ2v) is 6.70. The lowest BCUT2D eigenvalue weighted by Crippen LogP contribution is -2.59. The minimum absolute atomic E-state index is 0.0464. The van der Waals surface area contributed by atoms with Crippen LogP contribution in [0.3, 0.4) is 0 Å². The van der Waals surface area contributed by atoms with Gasteiger partial charge in [0.25, 0.3) is 0 Å². The zero-order chi connectivity index (χ0) is 16.2. The fourth-order valence-electron chi connectivity index (χ4n) is 2.78. The number of amides is 1. The molecule has 0 bridgehead atoms. The fourth-order valence-corrected chi connectivity index (χ4v) is 3.03. The molecule has 2 N–H and O–H groups in total. The summed E-state index contributed by atoms with van der Waals surface area (Å²) in [5.74, 6) is 0.0464. The van der Waals surface area contributed by atoms with E-state index in [0.717, 1.165) is 29.1 Å². The topological polar surface area (TPSA) is 41.1 Å². The molecule has 1 aliphatic rings. The number of rotatable bonds is 4. The van der Waals surface area contributed by atoms with Crippen LogP contribution in [0.4, 0.5) is 0 Å². The van der Waals surface area contributed by atoms with Gasteiger partial charge in [0.15, 0.2) is 0 Å². The van der Waals surface area contributed by atoms with E-state index >= 15 is 0 Å². The van der Waals surface area contributed by atoms with Crippen molar-refractivity contribution in [2.75, 3.05) is 6.54 Å². The predicted octanol–water partition coefficient (Wildman–Crippen LogP) is 3.24. The van der Waals surface area contributed by atoms with Gasteiger partial charge in [-0.1, -0.05) is 47.5 Å². The van der Waals surface area contributed by atoms with E-state index in [2.05, 4.69) is 10.6 Å². The smallest absolute Gasteiger partial charge is 0.237 e. The molecule has 2 atom stereocenters. The Balaban J connectivity index is 1.55. The number of hydrogen-bond donors (Lipinski definition) is 2. The van der Waals surface area contributed by atoms with E-state index in [4.69, 9.17) is 23.2 Å². The first kappa shape index (κ1) is 16.3. The molecule has 0 radical (unpaired) electrons. The molecular formula is C18H18Cl2N2O. The fraction of sp³-hybridized carbons (Fsp3) is 0.278. The summed E-state index contributed by atoms with van der Waals surface area (Å²) < 4.78 is 0. The van der Waals surface area contributed by atoms with Crippen molar-refractivity contribution in [3.8, 4) is 0 Å². The molecule has 2 aromatic carbocycles. The number of carbonyl (C=O) groups excluding carboxylic acids is 1. The molecule has 0 aromatic heterocycles. The van der Waals surface area contributed by atoms with E-state index in [9.17, 15) is 4.79 Å². The van der Waals surface area contributed by atoms with Crippen molar-refractivity contribution >= 4 is 29.1 Å². The van der Waals surface area contributed by atoms with E-state index in [1.165, 1.54) is 0 Å². The molecule has 0 saturated carbocycles. The number of nitrogens with one attached hydrogen (secondary N) is 2. The maximum absolute atomic E-state index is 12.3. The van der Waals surface area contributed by atoms with E-state index in [1.807, 2.05) is 48.5 Å². The van der Waals surface area contributed by atoms with E-state index in [-0.39, 0.29) is 18.0 Å². The van der Waals surface area contributed by atoms with E-state index in [0.29, 0.717) is 11.4 Å². The van der Waals surface area contributed by atoms with Gasteiger partial charge in [-0.05, 0) is 48.2 Å². The Labute approximate surface area is 146 Å². The molecule has 2 aromatic rings. The van der Waals surface area contributed by atoms with Gasteiger partial charge in [0.05, 0.1) is 6.04 Å². The van der Waals surface area contributed by atoms with Crippen LogP contribution < -0.4 is 10.6 Å². The van der Waals surface area contributed by atoms with Crippen LogP contribution in [-0.2, 0) is 17.6 Å². The summed E-state index contributed by atoms with van der Waals surface area (Å²) in [7, 11) is 0. The zero-order valence-corrected chi connectivity index (χ0v) is 14.1. The molecular weight excluding hydrogens is 331 g/mol. The van der Waals surface area contributed by atoms with Crippen molar-refractivity contribution in [2.24, 2.45) is 0 Å². The molecule has 0 aliphatic carbocycles. The Kier molecular flexibility index (Phi) is 5.21. The first-order valence-electron chi connectivity index (χ1n) is 7.63. The summed E-state index contributed by atoms with van der Waals surface area (Å²) in [5.41, 5.74) is 2.26. The Morgan fingerprint density at radius 2 is 1.39 bits per heavy atom. The molecule has 3 rings (SSSR count). The number of hydrogen-bond acceptors (Lipinski definition) is 2. The summed E-state index contributed by atoms with van der Waals surface area (Å²) in [5, 5.41) is 7.87. The summed E-state index contributed by atoms with van der Waals surface area (Å²) in [6, 6.07) is 15.2. The summed E-state index contributed by atoms with van der Waals surface area (Å²) >= 11 is 11.8. The molecule has 1 aliphatic heterocycles. The predicted molar refractivity (Wildman–Crippen MR) is 94.0 cm³/mol. The first-order valence-corrected chi connectivity index (χ1v) is 8.38. The molecule has 1 fully saturated rings. The molecule has 23 heavy (non-hydrogen) atoms. The van der Waals surface area contributed by atoms with Gasteiger partial charge in [0.2, 0.25) is 5.91 Å². The molecule has 1 saturated heterocycles. The molecule has 0 spiro atoms. The Morgan fingerprint density at radius 1 is 0.870 bits per heavy atom. The maximum atomic E-state index is 12.3. The third-order valence-electron chi connectivity index (χ3n) is 4.02. The number of halogens is 2. The standard InChI is InChI=1S/C18H18Cl2N2O/c19-14-5-1-12(2-6-14)9-16-11-21-17(18(23)22-16)10-13-3-7-15(20)8-4-13/h1-8,16-17,21H,9-11H2,(H,22,23)/t16?,17-/m0/s1. The first-order chi connectivity index (χ1) is 11.1. The van der Waals surface area contributed by atoms with Crippen molar-refractivity contribution in [3.05, 3.63) is 69.7 Å². The molecule has 120 valence electrons. The van der Waals surface area contributed by atoms with Gasteiger partial charge in [-0.2, -0.15) is 0 Å². The summed E-state index contributed by atoms with van der Waals surface area (Å²) in [6.45, 7) is 0.757. The molecule has 1 amide bonds. The van der Waals surface area contributed by atoms with Gasteiger partial charge in [0, 0.05) is 22.6 Å². The number of carbonyl (C=O) groups is 1. The van der Waals surface area contributed by atoms with Crippen molar-refractivity contribution in [1.29, 1.82) is 0 Å². The largest absolute Gasteiger partial charge is 0.350 e. The highest BCUT2D eigenvalue weighted by molar-refractivity contribution is 6.30. The van der Waals surface area contributed by atoms with Crippen LogP contribution in [0.5, 0.6) is 0 Å². The highest BCUT2D eigenvalue weighted by Crippen LogP contribution is 2.14. The number of benzene rings is 2.